The van der Waals surface area contributed by atoms with Crippen molar-refractivity contribution in [2.45, 2.75) is 63.9 Å². The minimum Gasteiger partial charge on any atom is -0.437 e. The number of fused-ring (bicyclic) bond motifs is 1. The Bertz CT molecular complexity index is 919. The summed E-state index contributed by atoms with van der Waals surface area (Å²) in [6.07, 6.45) is -3.76. The molecule has 4 nitrogen and oxygen atoms in total. The third kappa shape index (κ3) is 4.30. The molecule has 2 aliphatic heterocycles. The lowest BCUT2D eigenvalue weighted by Gasteiger charge is -2.44. The number of aryl methyl sites for hydroxylation is 1. The Morgan fingerprint density at radius 2 is 1.93 bits per heavy atom. The highest BCUT2D eigenvalue weighted by Crippen LogP contribution is 2.41. The van der Waals surface area contributed by atoms with Gasteiger partial charge in [-0.15, -0.1) is 11.3 Å². The molecule has 30 heavy (non-hydrogen) atoms. The number of halogens is 3. The third-order valence-electron chi connectivity index (χ3n) is 6.50. The van der Waals surface area contributed by atoms with Crippen LogP contribution in [-0.2, 0) is 11.3 Å². The summed E-state index contributed by atoms with van der Waals surface area (Å²) in [5.41, 5.74) is 1.28. The van der Waals surface area contributed by atoms with Gasteiger partial charge >= 0.3 is 12.3 Å². The second-order valence-electron chi connectivity index (χ2n) is 8.56. The van der Waals surface area contributed by atoms with E-state index in [1.165, 1.54) is 25.4 Å². The monoisotopic (exact) mass is 440 g/mol. The Morgan fingerprint density at radius 1 is 1.20 bits per heavy atom. The molecule has 4 rings (SSSR count). The lowest BCUT2D eigenvalue weighted by Crippen LogP contribution is -2.53. The Balaban J connectivity index is 1.39. The molecule has 1 unspecified atom stereocenters. The van der Waals surface area contributed by atoms with Gasteiger partial charge in [0, 0.05) is 34.8 Å². The molecule has 0 radical (unpaired) electrons. The van der Waals surface area contributed by atoms with Gasteiger partial charge in [0.25, 0.3) is 0 Å². The quantitative estimate of drug-likeness (QED) is 0.611. The van der Waals surface area contributed by atoms with E-state index in [0.717, 1.165) is 45.7 Å². The van der Waals surface area contributed by atoms with E-state index in [9.17, 15) is 18.0 Å². The number of alkyl halides is 3. The number of likely N-dealkylation sites (tertiary alicyclic amines) is 2. The fourth-order valence-corrected chi connectivity index (χ4v) is 5.75. The van der Waals surface area contributed by atoms with E-state index in [2.05, 4.69) is 40.8 Å². The summed E-state index contributed by atoms with van der Waals surface area (Å²) < 4.78 is 43.9. The molecule has 0 saturated carbocycles. The summed E-state index contributed by atoms with van der Waals surface area (Å²) in [4.78, 5) is 17.4. The van der Waals surface area contributed by atoms with Gasteiger partial charge in [-0.3, -0.25) is 4.90 Å². The zero-order chi connectivity index (χ0) is 21.5. The normalized spacial score (nSPS) is 20.8. The van der Waals surface area contributed by atoms with E-state index < -0.39 is 18.4 Å². The van der Waals surface area contributed by atoms with Crippen LogP contribution < -0.4 is 0 Å². The maximum Gasteiger partial charge on any atom is 0.425 e. The number of hydrogen-bond donors (Lipinski definition) is 0. The van der Waals surface area contributed by atoms with E-state index in [1.54, 1.807) is 0 Å². The predicted octanol–water partition coefficient (Wildman–Crippen LogP) is 5.73. The summed E-state index contributed by atoms with van der Waals surface area (Å²) in [5, 5.41) is 1.28. The summed E-state index contributed by atoms with van der Waals surface area (Å²) >= 11 is 1.82. The van der Waals surface area contributed by atoms with Gasteiger partial charge in [-0.05, 0) is 63.6 Å². The van der Waals surface area contributed by atoms with Crippen LogP contribution in [0, 0.1) is 6.92 Å². The van der Waals surface area contributed by atoms with Gasteiger partial charge in [-0.2, -0.15) is 13.2 Å². The highest BCUT2D eigenvalue weighted by Gasteiger charge is 2.45. The predicted molar refractivity (Wildman–Crippen MR) is 112 cm³/mol. The molecule has 0 aliphatic carbocycles. The maximum atomic E-state index is 12.7. The van der Waals surface area contributed by atoms with Crippen molar-refractivity contribution in [1.29, 1.82) is 0 Å². The Hall–Kier alpha value is -1.80. The number of nitrogens with zero attached hydrogens (tertiary/aromatic N) is 2. The number of carbonyl (C=O) groups excluding carboxylic acids is 1. The van der Waals surface area contributed by atoms with Gasteiger partial charge < -0.3 is 9.64 Å². The molecular formula is C22H27F3N2O2S. The van der Waals surface area contributed by atoms with Crippen LogP contribution in [-0.4, -0.2) is 53.3 Å². The first-order valence-electron chi connectivity index (χ1n) is 10.4. The highest BCUT2D eigenvalue weighted by molar-refractivity contribution is 7.19. The second kappa shape index (κ2) is 8.04. The van der Waals surface area contributed by atoms with Crippen molar-refractivity contribution in [3.63, 3.8) is 0 Å². The fraction of sp³-hybridized carbons (Fsp3) is 0.591. The summed E-state index contributed by atoms with van der Waals surface area (Å²) in [7, 11) is 0. The van der Waals surface area contributed by atoms with Crippen molar-refractivity contribution in [1.82, 2.24) is 9.80 Å². The number of rotatable bonds is 3. The number of carbonyl (C=O) groups is 1. The summed E-state index contributed by atoms with van der Waals surface area (Å²) in [6, 6.07) is 8.78. The maximum absolute atomic E-state index is 12.7. The molecule has 2 saturated heterocycles. The average molecular weight is 441 g/mol. The van der Waals surface area contributed by atoms with Crippen molar-refractivity contribution < 1.29 is 22.7 Å². The van der Waals surface area contributed by atoms with Gasteiger partial charge in [0.2, 0.25) is 0 Å². The molecule has 2 aliphatic rings. The molecule has 8 heteroatoms. The molecule has 1 spiro atoms. The molecule has 164 valence electrons. The average Bonchev–Trinajstić information content (AvgIpc) is 3.25. The van der Waals surface area contributed by atoms with Crippen LogP contribution in [0.1, 0.15) is 43.0 Å². The standard InChI is InChI=1S/C22H27F3N2O2S/c1-15-4-5-19-17(12-15)13-18(30-19)14-27-9-3-6-21(27)7-10-26(11-8-21)20(28)29-16(2)22(23,24)25/h4-5,12-13,16H,3,6-11,14H2,1-2H3. The minimum atomic E-state index is -4.53. The number of amides is 1. The van der Waals surface area contributed by atoms with Crippen molar-refractivity contribution in [3.05, 3.63) is 34.7 Å². The summed E-state index contributed by atoms with van der Waals surface area (Å²) in [6.45, 7) is 5.74. The number of thiophene rings is 1. The molecule has 1 aromatic carbocycles. The van der Waals surface area contributed by atoms with E-state index in [4.69, 9.17) is 0 Å². The van der Waals surface area contributed by atoms with Gasteiger partial charge in [-0.1, -0.05) is 17.7 Å². The minimum absolute atomic E-state index is 0.0263. The van der Waals surface area contributed by atoms with Gasteiger partial charge in [-0.25, -0.2) is 4.79 Å². The van der Waals surface area contributed by atoms with Crippen molar-refractivity contribution >= 4 is 27.5 Å². The van der Waals surface area contributed by atoms with Crippen LogP contribution in [0.25, 0.3) is 10.1 Å². The first kappa shape index (κ1) is 21.4. The molecule has 2 aromatic rings. The highest BCUT2D eigenvalue weighted by atomic mass is 32.1. The third-order valence-corrected chi connectivity index (χ3v) is 7.60. The lowest BCUT2D eigenvalue weighted by molar-refractivity contribution is -0.200. The van der Waals surface area contributed by atoms with Crippen LogP contribution >= 0.6 is 11.3 Å². The van der Waals surface area contributed by atoms with E-state index >= 15 is 0 Å². The Morgan fingerprint density at radius 3 is 2.63 bits per heavy atom. The summed E-state index contributed by atoms with van der Waals surface area (Å²) in [5.74, 6) is 0. The van der Waals surface area contributed by atoms with E-state index in [0.29, 0.717) is 13.1 Å². The molecule has 0 N–H and O–H groups in total. The first-order valence-corrected chi connectivity index (χ1v) is 11.2. The van der Waals surface area contributed by atoms with Crippen LogP contribution in [0.2, 0.25) is 0 Å². The van der Waals surface area contributed by atoms with E-state index in [-0.39, 0.29) is 5.54 Å². The van der Waals surface area contributed by atoms with Gasteiger partial charge in [0.05, 0.1) is 0 Å². The fourth-order valence-electron chi connectivity index (χ4n) is 4.69. The molecular weight excluding hydrogens is 413 g/mol. The largest absolute Gasteiger partial charge is 0.437 e. The van der Waals surface area contributed by atoms with Gasteiger partial charge in [0.1, 0.15) is 0 Å². The zero-order valence-electron chi connectivity index (χ0n) is 17.3. The lowest BCUT2D eigenvalue weighted by atomic mass is 9.85. The smallest absolute Gasteiger partial charge is 0.425 e. The van der Waals surface area contributed by atoms with Crippen LogP contribution in [0.15, 0.2) is 24.3 Å². The SMILES string of the molecule is Cc1ccc2sc(CN3CCCC34CCN(C(=O)OC(C)C(F)(F)F)CC4)cc2c1. The number of hydrogen-bond acceptors (Lipinski definition) is 4. The van der Waals surface area contributed by atoms with E-state index in [1.807, 2.05) is 11.3 Å². The molecule has 1 amide bonds. The second-order valence-corrected chi connectivity index (χ2v) is 9.73. The molecule has 1 atom stereocenters. The van der Waals surface area contributed by atoms with Crippen molar-refractivity contribution in [2.24, 2.45) is 0 Å². The molecule has 2 fully saturated rings. The van der Waals surface area contributed by atoms with Crippen molar-refractivity contribution in [2.75, 3.05) is 19.6 Å². The van der Waals surface area contributed by atoms with Crippen LogP contribution in [0.3, 0.4) is 0 Å². The Kier molecular flexibility index (Phi) is 5.74. The molecule has 3 heterocycles. The number of ether oxygens (including phenoxy) is 1. The topological polar surface area (TPSA) is 32.8 Å². The van der Waals surface area contributed by atoms with Crippen molar-refractivity contribution in [3.8, 4) is 0 Å². The van der Waals surface area contributed by atoms with Crippen LogP contribution in [0.4, 0.5) is 18.0 Å². The number of benzene rings is 1. The molecule has 1 aromatic heterocycles. The molecule has 0 bridgehead atoms. The van der Waals surface area contributed by atoms with Gasteiger partial charge in [0.15, 0.2) is 6.10 Å². The zero-order valence-corrected chi connectivity index (χ0v) is 18.1. The number of piperidine rings is 1. The first-order chi connectivity index (χ1) is 14.2. The Labute approximate surface area is 178 Å². The van der Waals surface area contributed by atoms with Crippen LogP contribution in [0.5, 0.6) is 0 Å².